The van der Waals surface area contributed by atoms with Crippen molar-refractivity contribution < 1.29 is 17.6 Å². The van der Waals surface area contributed by atoms with Gasteiger partial charge in [0, 0.05) is 0 Å². The van der Waals surface area contributed by atoms with Crippen molar-refractivity contribution in [2.45, 2.75) is 17.2 Å². The number of halogens is 6. The molecule has 0 saturated heterocycles. The van der Waals surface area contributed by atoms with Gasteiger partial charge < -0.3 is 0 Å². The average Bonchev–Trinajstić information content (AvgIpc) is 1.62. The standard InChI is InChI=1S/C3H2Cl2F4/c4-1(2(6)7)3(5,8)9/h1-2H. The Labute approximate surface area is 58.7 Å². The fraction of sp³-hybridized carbons (Fsp3) is 1.00. The van der Waals surface area contributed by atoms with Gasteiger partial charge in [-0.1, -0.05) is 0 Å². The molecule has 0 amide bonds. The van der Waals surface area contributed by atoms with Gasteiger partial charge in [0.05, 0.1) is 0 Å². The summed E-state index contributed by atoms with van der Waals surface area (Å²) in [6.45, 7) is 0. The van der Waals surface area contributed by atoms with E-state index in [2.05, 4.69) is 23.2 Å². The maximum absolute atomic E-state index is 11.5. The van der Waals surface area contributed by atoms with Crippen LogP contribution in [0.5, 0.6) is 0 Å². The summed E-state index contributed by atoms with van der Waals surface area (Å²) in [5, 5.41) is -6.64. The van der Waals surface area contributed by atoms with Gasteiger partial charge in [0.15, 0.2) is 5.38 Å². The van der Waals surface area contributed by atoms with E-state index in [1.165, 1.54) is 0 Å². The average molecular weight is 185 g/mol. The molecule has 0 aliphatic carbocycles. The summed E-state index contributed by atoms with van der Waals surface area (Å²) >= 11 is 8.59. The normalized spacial score (nSPS) is 16.3. The third kappa shape index (κ3) is 3.11. The van der Waals surface area contributed by atoms with E-state index in [1.54, 1.807) is 0 Å². The number of alkyl halides is 6. The highest BCUT2D eigenvalue weighted by molar-refractivity contribution is 6.31. The molecule has 0 rings (SSSR count). The third-order valence-corrected chi connectivity index (χ3v) is 1.35. The van der Waals surface area contributed by atoms with Crippen LogP contribution in [0.1, 0.15) is 0 Å². The molecule has 0 spiro atoms. The first-order valence-electron chi connectivity index (χ1n) is 1.84. The molecule has 1 atom stereocenters. The van der Waals surface area contributed by atoms with Crippen molar-refractivity contribution in [3.63, 3.8) is 0 Å². The van der Waals surface area contributed by atoms with E-state index in [9.17, 15) is 17.6 Å². The smallest absolute Gasteiger partial charge is 0.209 e. The van der Waals surface area contributed by atoms with Gasteiger partial charge in [-0.2, -0.15) is 8.78 Å². The molecular formula is C3H2Cl2F4. The van der Waals surface area contributed by atoms with Crippen molar-refractivity contribution in [3.8, 4) is 0 Å². The number of hydrogen-bond donors (Lipinski definition) is 0. The molecule has 0 saturated carbocycles. The zero-order valence-electron chi connectivity index (χ0n) is 3.92. The van der Waals surface area contributed by atoms with Crippen LogP contribution in [0, 0.1) is 0 Å². The highest BCUT2D eigenvalue weighted by Gasteiger charge is 2.42. The summed E-state index contributed by atoms with van der Waals surface area (Å²) in [4.78, 5) is 0. The zero-order valence-corrected chi connectivity index (χ0v) is 5.43. The van der Waals surface area contributed by atoms with Crippen molar-refractivity contribution in [1.29, 1.82) is 0 Å². The second-order valence-electron chi connectivity index (χ2n) is 1.28. The molecule has 0 aromatic rings. The van der Waals surface area contributed by atoms with Crippen molar-refractivity contribution in [2.24, 2.45) is 0 Å². The Morgan fingerprint density at radius 3 is 1.56 bits per heavy atom. The summed E-state index contributed by atoms with van der Waals surface area (Å²) in [5.41, 5.74) is 0. The number of hydrogen-bond acceptors (Lipinski definition) is 0. The van der Waals surface area contributed by atoms with E-state index in [0.29, 0.717) is 0 Å². The molecule has 0 aliphatic heterocycles. The molecule has 0 aliphatic rings. The van der Waals surface area contributed by atoms with Crippen LogP contribution in [0.2, 0.25) is 0 Å². The largest absolute Gasteiger partial charge is 0.343 e. The Kier molecular flexibility index (Phi) is 3.02. The summed E-state index contributed by atoms with van der Waals surface area (Å²) in [5.74, 6) is 0. The van der Waals surface area contributed by atoms with Gasteiger partial charge in [0.25, 0.3) is 6.43 Å². The van der Waals surface area contributed by atoms with E-state index in [1.807, 2.05) is 0 Å². The lowest BCUT2D eigenvalue weighted by atomic mass is 10.4. The van der Waals surface area contributed by atoms with E-state index >= 15 is 0 Å². The SMILES string of the molecule is FC(F)C(Cl)C(F)(F)Cl. The van der Waals surface area contributed by atoms with Gasteiger partial charge in [-0.25, -0.2) is 8.78 Å². The van der Waals surface area contributed by atoms with Crippen LogP contribution >= 0.6 is 23.2 Å². The van der Waals surface area contributed by atoms with Crippen molar-refractivity contribution >= 4 is 23.2 Å². The number of rotatable bonds is 2. The van der Waals surface area contributed by atoms with Crippen LogP contribution in [0.3, 0.4) is 0 Å². The Morgan fingerprint density at radius 1 is 1.22 bits per heavy atom. The first-order chi connectivity index (χ1) is 3.85. The van der Waals surface area contributed by atoms with Gasteiger partial charge in [-0.05, 0) is 11.6 Å². The maximum atomic E-state index is 11.5. The molecule has 0 heterocycles. The van der Waals surface area contributed by atoms with Gasteiger partial charge in [-0.15, -0.1) is 11.6 Å². The van der Waals surface area contributed by atoms with Gasteiger partial charge in [-0.3, -0.25) is 0 Å². The Morgan fingerprint density at radius 2 is 1.56 bits per heavy atom. The molecule has 0 aromatic heterocycles. The fourth-order valence-electron chi connectivity index (χ4n) is 0.143. The molecule has 0 bridgehead atoms. The van der Waals surface area contributed by atoms with Gasteiger partial charge in [0.1, 0.15) is 0 Å². The minimum absolute atomic E-state index is 2.61. The highest BCUT2D eigenvalue weighted by atomic mass is 35.5. The topological polar surface area (TPSA) is 0 Å². The molecule has 0 fully saturated rings. The zero-order chi connectivity index (χ0) is 7.65. The monoisotopic (exact) mass is 184 g/mol. The predicted octanol–water partition coefficient (Wildman–Crippen LogP) is 2.69. The Balaban J connectivity index is 3.88. The Hall–Kier alpha value is 0.300. The minimum atomic E-state index is -4.03. The molecular weight excluding hydrogens is 183 g/mol. The quantitative estimate of drug-likeness (QED) is 0.458. The first kappa shape index (κ1) is 9.30. The van der Waals surface area contributed by atoms with Gasteiger partial charge >= 0.3 is 5.38 Å². The van der Waals surface area contributed by atoms with Crippen molar-refractivity contribution in [2.75, 3.05) is 0 Å². The summed E-state index contributed by atoms with van der Waals surface area (Å²) < 4.78 is 45.5. The molecule has 0 aromatic carbocycles. The van der Waals surface area contributed by atoms with Crippen molar-refractivity contribution in [1.82, 2.24) is 0 Å². The van der Waals surface area contributed by atoms with E-state index in [0.717, 1.165) is 0 Å². The van der Waals surface area contributed by atoms with Crippen LogP contribution in [0.15, 0.2) is 0 Å². The summed E-state index contributed by atoms with van der Waals surface area (Å²) in [6, 6.07) is 0. The molecule has 56 valence electrons. The molecule has 6 heteroatoms. The van der Waals surface area contributed by atoms with Crippen LogP contribution in [-0.2, 0) is 0 Å². The van der Waals surface area contributed by atoms with Gasteiger partial charge in [0.2, 0.25) is 0 Å². The lowest BCUT2D eigenvalue weighted by Gasteiger charge is -2.12. The summed E-state index contributed by atoms with van der Waals surface area (Å²) in [6.07, 6.45) is -3.31. The third-order valence-electron chi connectivity index (χ3n) is 0.534. The predicted molar refractivity (Wildman–Crippen MR) is 26.4 cm³/mol. The second-order valence-corrected chi connectivity index (χ2v) is 2.25. The fourth-order valence-corrected chi connectivity index (χ4v) is 0.238. The second kappa shape index (κ2) is 2.92. The van der Waals surface area contributed by atoms with Crippen LogP contribution in [0.4, 0.5) is 17.6 Å². The molecule has 1 unspecified atom stereocenters. The Bertz CT molecular complexity index is 88.3. The lowest BCUT2D eigenvalue weighted by Crippen LogP contribution is -2.28. The van der Waals surface area contributed by atoms with Crippen LogP contribution in [0.25, 0.3) is 0 Å². The lowest BCUT2D eigenvalue weighted by molar-refractivity contribution is 0.0186. The summed E-state index contributed by atoms with van der Waals surface area (Å²) in [7, 11) is 0. The molecule has 0 N–H and O–H groups in total. The molecule has 0 radical (unpaired) electrons. The molecule has 0 nitrogen and oxygen atoms in total. The van der Waals surface area contributed by atoms with E-state index in [4.69, 9.17) is 0 Å². The minimum Gasteiger partial charge on any atom is -0.209 e. The maximum Gasteiger partial charge on any atom is 0.343 e. The highest BCUT2D eigenvalue weighted by Crippen LogP contribution is 2.31. The first-order valence-corrected chi connectivity index (χ1v) is 2.66. The van der Waals surface area contributed by atoms with E-state index < -0.39 is 17.2 Å². The van der Waals surface area contributed by atoms with E-state index in [-0.39, 0.29) is 0 Å². The van der Waals surface area contributed by atoms with Crippen LogP contribution < -0.4 is 0 Å². The van der Waals surface area contributed by atoms with Crippen LogP contribution in [-0.4, -0.2) is 17.2 Å². The van der Waals surface area contributed by atoms with Crippen molar-refractivity contribution in [3.05, 3.63) is 0 Å². The molecule has 9 heavy (non-hydrogen) atoms.